The molecule has 0 heterocycles. The molecule has 0 aromatic heterocycles. The molecule has 0 rings (SSSR count). The largest absolute Gasteiger partial charge is 4.00 e. The van der Waals surface area contributed by atoms with E-state index in [1.807, 2.05) is 0 Å². The fraction of sp³-hybridized carbons (Fsp3) is 0. The zero-order valence-electron chi connectivity index (χ0n) is 4.06. The molecule has 0 amide bonds. The molecule has 0 unspecified atom stereocenters. The quantitative estimate of drug-likeness (QED) is 0.192. The number of halogens is 5. The van der Waals surface area contributed by atoms with Gasteiger partial charge in [0.2, 0.25) is 0 Å². The van der Waals surface area contributed by atoms with Crippen LogP contribution in [0.3, 0.4) is 0 Å². The van der Waals surface area contributed by atoms with E-state index in [-0.39, 0.29) is 40.5 Å². The van der Waals surface area contributed by atoms with Gasteiger partial charge in [0.1, 0.15) is 0 Å². The first-order chi connectivity index (χ1) is 2.00. The standard InChI is InChI=1S/FHO3S.4FH.Ti/c1-5(2,3)4;;;;;/h(H,2,3,4);4*1H;/q;;;;;+4/p-4. The molecule has 0 bridgehead atoms. The van der Waals surface area contributed by atoms with Gasteiger partial charge in [-0.05, 0) is 0 Å². The average Bonchev–Trinajstić information content (AvgIpc) is 0.722. The Labute approximate surface area is 68.4 Å². The summed E-state index contributed by atoms with van der Waals surface area (Å²) in [4.78, 5) is 0. The Balaban J connectivity index is -0.00000000800. The molecule has 0 saturated heterocycles. The number of hydrogen-bond acceptors (Lipinski definition) is 2. The molecule has 0 fully saturated rings. The van der Waals surface area contributed by atoms with E-state index in [9.17, 15) is 3.89 Å². The predicted molar refractivity (Wildman–Crippen MR) is 12.7 cm³/mol. The van der Waals surface area contributed by atoms with Crippen LogP contribution in [-0.2, 0) is 32.2 Å². The van der Waals surface area contributed by atoms with Gasteiger partial charge in [-0.3, -0.25) is 4.55 Å². The van der Waals surface area contributed by atoms with E-state index in [0.29, 0.717) is 0 Å². The Morgan fingerprint density at radius 2 is 1.00 bits per heavy atom. The Bertz CT molecular complexity index is 100. The first-order valence-electron chi connectivity index (χ1n) is 0.670. The van der Waals surface area contributed by atoms with Gasteiger partial charge >= 0.3 is 32.2 Å². The van der Waals surface area contributed by atoms with Crippen molar-refractivity contribution in [1.82, 2.24) is 0 Å². The molecule has 0 aliphatic heterocycles. The van der Waals surface area contributed by atoms with Gasteiger partial charge in [0, 0.05) is 0 Å². The maximum Gasteiger partial charge on any atom is 4.00 e. The minimum absolute atomic E-state index is 0. The summed E-state index contributed by atoms with van der Waals surface area (Å²) in [5.74, 6) is 0. The summed E-state index contributed by atoms with van der Waals surface area (Å²) >= 11 is 0. The minimum Gasteiger partial charge on any atom is -1.00 e. The third kappa shape index (κ3) is 5820. The molecule has 0 saturated carbocycles. The minimum atomic E-state index is -5.17. The topological polar surface area (TPSA) is 54.4 Å². The van der Waals surface area contributed by atoms with Crippen LogP contribution in [0.4, 0.5) is 3.89 Å². The maximum atomic E-state index is 10.2. The number of rotatable bonds is 0. The third-order valence-electron chi connectivity index (χ3n) is 0. The zero-order valence-corrected chi connectivity index (χ0v) is 6.44. The first-order valence-corrected chi connectivity index (χ1v) is 2.01. The average molecular weight is 224 g/mol. The molecule has 0 atom stereocenters. The van der Waals surface area contributed by atoms with Crippen LogP contribution in [0.5, 0.6) is 0 Å². The van der Waals surface area contributed by atoms with Gasteiger partial charge in [-0.15, -0.1) is 0 Å². The molecule has 0 aromatic rings. The van der Waals surface area contributed by atoms with Crippen molar-refractivity contribution in [2.75, 3.05) is 0 Å². The second-order valence-corrected chi connectivity index (χ2v) is 1.24. The predicted octanol–water partition coefficient (Wildman–Crippen LogP) is -12.2. The molecule has 0 aliphatic carbocycles. The van der Waals surface area contributed by atoms with Gasteiger partial charge in [0.25, 0.3) is 0 Å². The Hall–Kier alpha value is 0.274. The Kier molecular flexibility index (Phi) is 78.0. The van der Waals surface area contributed by atoms with Gasteiger partial charge < -0.3 is 18.8 Å². The van der Waals surface area contributed by atoms with Gasteiger partial charge in [0.15, 0.2) is 0 Å². The van der Waals surface area contributed by atoms with Crippen molar-refractivity contribution in [2.24, 2.45) is 0 Å². The van der Waals surface area contributed by atoms with Crippen LogP contribution in [0.2, 0.25) is 0 Å². The van der Waals surface area contributed by atoms with E-state index < -0.39 is 10.5 Å². The molecule has 10 heavy (non-hydrogen) atoms. The van der Waals surface area contributed by atoms with Crippen LogP contribution in [-0.4, -0.2) is 13.0 Å². The summed E-state index contributed by atoms with van der Waals surface area (Å²) < 4.78 is 34.1. The van der Waals surface area contributed by atoms with Crippen LogP contribution >= 0.6 is 0 Å². The second kappa shape index (κ2) is 16.1. The van der Waals surface area contributed by atoms with Crippen molar-refractivity contribution in [2.45, 2.75) is 0 Å². The molecular weight excluding hydrogens is 223 g/mol. The molecule has 10 heteroatoms. The van der Waals surface area contributed by atoms with E-state index in [2.05, 4.69) is 0 Å². The van der Waals surface area contributed by atoms with E-state index in [0.717, 1.165) is 0 Å². The molecule has 3 nitrogen and oxygen atoms in total. The van der Waals surface area contributed by atoms with Crippen LogP contribution in [0.1, 0.15) is 0 Å². The fourth-order valence-corrected chi connectivity index (χ4v) is 0. The van der Waals surface area contributed by atoms with Crippen LogP contribution in [0.25, 0.3) is 0 Å². The number of hydrogen-bond donors (Lipinski definition) is 1. The summed E-state index contributed by atoms with van der Waals surface area (Å²) in [6.07, 6.45) is 0. The van der Waals surface area contributed by atoms with Crippen molar-refractivity contribution in [1.29, 1.82) is 0 Å². The monoisotopic (exact) mass is 224 g/mol. The van der Waals surface area contributed by atoms with E-state index >= 15 is 0 Å². The SMILES string of the molecule is O=S(=O)(O)F.[F-].[F-].[F-].[F-].[Ti+4]. The van der Waals surface area contributed by atoms with E-state index in [1.54, 1.807) is 0 Å². The van der Waals surface area contributed by atoms with Crippen molar-refractivity contribution >= 4 is 10.5 Å². The van der Waals surface area contributed by atoms with Crippen LogP contribution in [0.15, 0.2) is 0 Å². The van der Waals surface area contributed by atoms with Crippen LogP contribution in [0, 0.1) is 0 Å². The van der Waals surface area contributed by atoms with Gasteiger partial charge in [0.05, 0.1) is 0 Å². The summed E-state index contributed by atoms with van der Waals surface area (Å²) in [6, 6.07) is 0. The molecule has 64 valence electrons. The zero-order chi connectivity index (χ0) is 4.50. The van der Waals surface area contributed by atoms with Crippen molar-refractivity contribution < 1.29 is 57.4 Å². The second-order valence-electron chi connectivity index (χ2n) is 0.412. The summed E-state index contributed by atoms with van der Waals surface area (Å²) in [5, 5.41) is 0. The molecule has 0 radical (unpaired) electrons. The molecule has 1 N–H and O–H groups in total. The fourth-order valence-electron chi connectivity index (χ4n) is 0. The van der Waals surface area contributed by atoms with E-state index in [1.165, 1.54) is 0 Å². The molecule has 0 spiro atoms. The Morgan fingerprint density at radius 1 is 1.00 bits per heavy atom. The Morgan fingerprint density at radius 3 is 1.00 bits per heavy atom. The third-order valence-corrected chi connectivity index (χ3v) is 0. The molecular formula is HF5O3STi. The van der Waals surface area contributed by atoms with Crippen LogP contribution < -0.4 is 18.8 Å². The molecule has 0 aromatic carbocycles. The van der Waals surface area contributed by atoms with Gasteiger partial charge in [-0.25, -0.2) is 0 Å². The smallest absolute Gasteiger partial charge is 1.00 e. The summed E-state index contributed by atoms with van der Waals surface area (Å²) in [5.41, 5.74) is 0. The van der Waals surface area contributed by atoms with E-state index in [4.69, 9.17) is 13.0 Å². The van der Waals surface area contributed by atoms with Gasteiger partial charge in [-0.1, -0.05) is 3.89 Å². The molecule has 0 aliphatic rings. The summed E-state index contributed by atoms with van der Waals surface area (Å²) in [6.45, 7) is 0. The van der Waals surface area contributed by atoms with Crippen molar-refractivity contribution in [3.63, 3.8) is 0 Å². The maximum absolute atomic E-state index is 10.2. The van der Waals surface area contributed by atoms with Crippen molar-refractivity contribution in [3.8, 4) is 0 Å². The normalized spacial score (nSPS) is 5.80. The van der Waals surface area contributed by atoms with Crippen molar-refractivity contribution in [3.05, 3.63) is 0 Å². The first kappa shape index (κ1) is 48.4. The van der Waals surface area contributed by atoms with Gasteiger partial charge in [-0.2, -0.15) is 8.42 Å². The summed E-state index contributed by atoms with van der Waals surface area (Å²) in [7, 11) is -5.17.